The molecule has 23 heavy (non-hydrogen) atoms. The number of rotatable bonds is 7. The van der Waals surface area contributed by atoms with Crippen LogP contribution in [0.25, 0.3) is 0 Å². The molecule has 1 amide bonds. The monoisotopic (exact) mass is 363 g/mol. The Bertz CT molecular complexity index is 786. The molecular weight excluding hydrogens is 342 g/mol. The van der Waals surface area contributed by atoms with Crippen LogP contribution in [-0.4, -0.2) is 60.5 Å². The van der Waals surface area contributed by atoms with Gasteiger partial charge >= 0.3 is 0 Å². The topological polar surface area (TPSA) is 113 Å². The largest absolute Gasteiger partial charge is 0.351 e. The first-order valence-corrected chi connectivity index (χ1v) is 9.83. The summed E-state index contributed by atoms with van der Waals surface area (Å²) in [5.41, 5.74) is 0.672. The van der Waals surface area contributed by atoms with Crippen molar-refractivity contribution in [1.29, 1.82) is 0 Å². The molecule has 0 aliphatic rings. The lowest BCUT2D eigenvalue weighted by molar-refractivity contribution is 0.0956. The summed E-state index contributed by atoms with van der Waals surface area (Å²) < 4.78 is 50.2. The van der Waals surface area contributed by atoms with Crippen LogP contribution in [0.15, 0.2) is 23.1 Å². The molecule has 0 bridgehead atoms. The van der Waals surface area contributed by atoms with E-state index in [2.05, 4.69) is 10.0 Å². The van der Waals surface area contributed by atoms with Crippen molar-refractivity contribution >= 4 is 26.0 Å². The van der Waals surface area contributed by atoms with Crippen molar-refractivity contribution in [2.24, 2.45) is 0 Å². The molecule has 0 fully saturated rings. The van der Waals surface area contributed by atoms with E-state index < -0.39 is 26.0 Å². The number of amides is 1. The van der Waals surface area contributed by atoms with Crippen LogP contribution in [0, 0.1) is 6.92 Å². The molecule has 0 aromatic heterocycles. The molecule has 0 saturated heterocycles. The zero-order valence-corrected chi connectivity index (χ0v) is 15.1. The molecule has 0 spiro atoms. The lowest BCUT2D eigenvalue weighted by Crippen LogP contribution is -2.33. The Labute approximate surface area is 137 Å². The summed E-state index contributed by atoms with van der Waals surface area (Å²) in [6.45, 7) is 1.56. The first-order chi connectivity index (χ1) is 10.5. The normalized spacial score (nSPS) is 12.4. The quantitative estimate of drug-likeness (QED) is 0.680. The van der Waals surface area contributed by atoms with Crippen LogP contribution in [0.1, 0.15) is 15.9 Å². The molecule has 10 heteroatoms. The molecule has 0 heterocycles. The summed E-state index contributed by atoms with van der Waals surface area (Å²) in [5.74, 6) is -0.796. The zero-order valence-electron chi connectivity index (χ0n) is 13.5. The number of nitrogens with zero attached hydrogens (tertiary/aromatic N) is 1. The van der Waals surface area contributed by atoms with Gasteiger partial charge in [-0.2, -0.15) is 0 Å². The van der Waals surface area contributed by atoms with E-state index in [1.807, 2.05) is 0 Å². The fraction of sp³-hybridized carbons (Fsp3) is 0.462. The molecule has 0 unspecified atom stereocenters. The minimum absolute atomic E-state index is 0.0398. The van der Waals surface area contributed by atoms with Gasteiger partial charge in [0.2, 0.25) is 20.0 Å². The van der Waals surface area contributed by atoms with E-state index in [0.29, 0.717) is 5.56 Å². The highest BCUT2D eigenvalue weighted by Gasteiger charge is 2.21. The fourth-order valence-corrected chi connectivity index (χ4v) is 3.44. The third-order valence-corrected chi connectivity index (χ3v) is 6.50. The number of hydrogen-bond donors (Lipinski definition) is 2. The molecular formula is C13H21N3O5S2. The fourth-order valence-electron chi connectivity index (χ4n) is 1.72. The number of benzene rings is 1. The highest BCUT2D eigenvalue weighted by Crippen LogP contribution is 2.19. The Balaban J connectivity index is 2.96. The van der Waals surface area contributed by atoms with Crippen LogP contribution in [0.4, 0.5) is 0 Å². The minimum atomic E-state index is -3.66. The Morgan fingerprint density at radius 3 is 2.30 bits per heavy atom. The Hall–Kier alpha value is -1.49. The maximum Gasteiger partial charge on any atom is 0.251 e. The molecule has 1 rings (SSSR count). The predicted octanol–water partition coefficient (Wildman–Crippen LogP) is -0.476. The minimum Gasteiger partial charge on any atom is -0.351 e. The average molecular weight is 363 g/mol. The molecule has 1 aromatic carbocycles. The standard InChI is InChI=1S/C13H21N3O5S2/c1-10-5-6-11(9-12(10)23(20,21)16(3)4)13(17)15-7-8-22(18,19)14-2/h5-6,9,14H,7-8H2,1-4H3,(H,15,17). The Kier molecular flexibility index (Phi) is 6.28. The second-order valence-electron chi connectivity index (χ2n) is 5.05. The van der Waals surface area contributed by atoms with Gasteiger partial charge in [-0.05, 0) is 31.7 Å². The van der Waals surface area contributed by atoms with E-state index in [0.717, 1.165) is 4.31 Å². The third kappa shape index (κ3) is 4.99. The van der Waals surface area contributed by atoms with Gasteiger partial charge in [0, 0.05) is 26.2 Å². The maximum absolute atomic E-state index is 12.2. The van der Waals surface area contributed by atoms with E-state index in [4.69, 9.17) is 0 Å². The van der Waals surface area contributed by atoms with Crippen LogP contribution in [0.5, 0.6) is 0 Å². The van der Waals surface area contributed by atoms with Gasteiger partial charge in [-0.1, -0.05) is 6.07 Å². The van der Waals surface area contributed by atoms with Crippen molar-refractivity contribution in [2.75, 3.05) is 33.4 Å². The SMILES string of the molecule is CNS(=O)(=O)CCNC(=O)c1ccc(C)c(S(=O)(=O)N(C)C)c1. The number of aryl methyl sites for hydroxylation is 1. The number of carbonyl (C=O) groups excluding carboxylic acids is 1. The second-order valence-corrected chi connectivity index (χ2v) is 9.21. The van der Waals surface area contributed by atoms with Crippen LogP contribution < -0.4 is 10.0 Å². The zero-order chi connectivity index (χ0) is 17.8. The van der Waals surface area contributed by atoms with Gasteiger partial charge < -0.3 is 5.32 Å². The van der Waals surface area contributed by atoms with Crippen LogP contribution in [0.2, 0.25) is 0 Å². The van der Waals surface area contributed by atoms with Crippen LogP contribution in [0.3, 0.4) is 0 Å². The Morgan fingerprint density at radius 1 is 1.17 bits per heavy atom. The lowest BCUT2D eigenvalue weighted by atomic mass is 10.1. The highest BCUT2D eigenvalue weighted by molar-refractivity contribution is 7.89. The van der Waals surface area contributed by atoms with Crippen molar-refractivity contribution in [3.05, 3.63) is 29.3 Å². The summed E-state index contributed by atoms with van der Waals surface area (Å²) in [6, 6.07) is 4.31. The van der Waals surface area contributed by atoms with E-state index in [1.54, 1.807) is 6.92 Å². The van der Waals surface area contributed by atoms with Gasteiger partial charge in [-0.15, -0.1) is 0 Å². The molecule has 130 valence electrons. The van der Waals surface area contributed by atoms with Crippen LogP contribution in [-0.2, 0) is 20.0 Å². The van der Waals surface area contributed by atoms with E-state index in [1.165, 1.54) is 39.3 Å². The van der Waals surface area contributed by atoms with Gasteiger partial charge in [0.1, 0.15) is 0 Å². The number of nitrogens with one attached hydrogen (secondary N) is 2. The molecule has 0 saturated carbocycles. The van der Waals surface area contributed by atoms with E-state index in [9.17, 15) is 21.6 Å². The van der Waals surface area contributed by atoms with Crippen molar-refractivity contribution < 1.29 is 21.6 Å². The average Bonchev–Trinajstić information content (AvgIpc) is 2.47. The number of carbonyl (C=O) groups is 1. The van der Waals surface area contributed by atoms with Gasteiger partial charge in [0.15, 0.2) is 0 Å². The van der Waals surface area contributed by atoms with Gasteiger partial charge in [-0.3, -0.25) is 4.79 Å². The van der Waals surface area contributed by atoms with Gasteiger partial charge in [-0.25, -0.2) is 25.9 Å². The van der Waals surface area contributed by atoms with Crippen molar-refractivity contribution in [3.8, 4) is 0 Å². The smallest absolute Gasteiger partial charge is 0.251 e. The number of sulfonamides is 2. The summed E-state index contributed by atoms with van der Waals surface area (Å²) in [5, 5.41) is 2.45. The van der Waals surface area contributed by atoms with E-state index in [-0.39, 0.29) is 22.8 Å². The van der Waals surface area contributed by atoms with Gasteiger partial charge in [0.25, 0.3) is 5.91 Å². The lowest BCUT2D eigenvalue weighted by Gasteiger charge is -2.14. The van der Waals surface area contributed by atoms with Crippen LogP contribution >= 0.6 is 0 Å². The molecule has 0 radical (unpaired) electrons. The molecule has 0 aliphatic carbocycles. The third-order valence-electron chi connectivity index (χ3n) is 3.18. The first-order valence-electron chi connectivity index (χ1n) is 6.74. The second kappa shape index (κ2) is 7.39. The molecule has 1 aromatic rings. The summed E-state index contributed by atoms with van der Waals surface area (Å²) in [4.78, 5) is 12.1. The summed E-state index contributed by atoms with van der Waals surface area (Å²) >= 11 is 0. The molecule has 2 N–H and O–H groups in total. The summed E-state index contributed by atoms with van der Waals surface area (Å²) in [7, 11) is -2.98. The maximum atomic E-state index is 12.2. The highest BCUT2D eigenvalue weighted by atomic mass is 32.2. The van der Waals surface area contributed by atoms with E-state index >= 15 is 0 Å². The molecule has 0 aliphatic heterocycles. The number of hydrogen-bond acceptors (Lipinski definition) is 5. The predicted molar refractivity (Wildman–Crippen MR) is 87.2 cm³/mol. The molecule has 8 nitrogen and oxygen atoms in total. The van der Waals surface area contributed by atoms with Gasteiger partial charge in [0.05, 0.1) is 10.6 Å². The van der Waals surface area contributed by atoms with Crippen molar-refractivity contribution in [1.82, 2.24) is 14.3 Å². The summed E-state index contributed by atoms with van der Waals surface area (Å²) in [6.07, 6.45) is 0. The Morgan fingerprint density at radius 2 is 1.78 bits per heavy atom. The molecule has 0 atom stereocenters. The van der Waals surface area contributed by atoms with Crippen molar-refractivity contribution in [3.63, 3.8) is 0 Å². The van der Waals surface area contributed by atoms with Crippen molar-refractivity contribution in [2.45, 2.75) is 11.8 Å². The first kappa shape index (κ1) is 19.6.